The quantitative estimate of drug-likeness (QED) is 0.490. The van der Waals surface area contributed by atoms with Crippen LogP contribution in [0.2, 0.25) is 0 Å². The number of aromatic nitrogens is 3. The highest BCUT2D eigenvalue weighted by molar-refractivity contribution is 7.22. The minimum atomic E-state index is -0.422. The summed E-state index contributed by atoms with van der Waals surface area (Å²) in [5, 5.41) is 13.6. The summed E-state index contributed by atoms with van der Waals surface area (Å²) in [6.07, 6.45) is 7.97. The molecule has 5 nitrogen and oxygen atoms in total. The maximum atomic E-state index is 14.5. The third-order valence-corrected chi connectivity index (χ3v) is 6.48. The molecule has 7 heteroatoms. The van der Waals surface area contributed by atoms with E-state index in [2.05, 4.69) is 16.4 Å². The van der Waals surface area contributed by atoms with E-state index < -0.39 is 5.82 Å². The van der Waals surface area contributed by atoms with Crippen molar-refractivity contribution >= 4 is 37.7 Å². The molecule has 1 N–H and O–H groups in total. The van der Waals surface area contributed by atoms with Crippen LogP contribution in [0.3, 0.4) is 0 Å². The van der Waals surface area contributed by atoms with E-state index in [9.17, 15) is 4.39 Å². The van der Waals surface area contributed by atoms with E-state index in [1.54, 1.807) is 28.3 Å². The maximum absolute atomic E-state index is 14.5. The second-order valence-corrected chi connectivity index (χ2v) is 8.64. The van der Waals surface area contributed by atoms with Crippen LogP contribution in [0.5, 0.6) is 0 Å². The molecule has 5 rings (SSSR count). The van der Waals surface area contributed by atoms with Gasteiger partial charge in [0.15, 0.2) is 5.13 Å². The first-order chi connectivity index (χ1) is 14.2. The minimum absolute atomic E-state index is 0.282. The van der Waals surface area contributed by atoms with E-state index >= 15 is 0 Å². The number of imidazole rings is 1. The third-order valence-electron chi connectivity index (χ3n) is 5.53. The van der Waals surface area contributed by atoms with Crippen molar-refractivity contribution in [2.45, 2.75) is 44.7 Å². The lowest BCUT2D eigenvalue weighted by molar-refractivity contribution is 0.462. The van der Waals surface area contributed by atoms with Crippen molar-refractivity contribution in [1.29, 1.82) is 5.26 Å². The van der Waals surface area contributed by atoms with Gasteiger partial charge in [0.1, 0.15) is 11.3 Å². The Balaban J connectivity index is 1.41. The van der Waals surface area contributed by atoms with Crippen molar-refractivity contribution in [1.82, 2.24) is 14.5 Å². The van der Waals surface area contributed by atoms with E-state index in [0.29, 0.717) is 23.6 Å². The molecule has 1 aliphatic carbocycles. The van der Waals surface area contributed by atoms with Crippen LogP contribution in [-0.2, 0) is 6.54 Å². The zero-order valence-corrected chi connectivity index (χ0v) is 16.7. The Morgan fingerprint density at radius 2 is 2.03 bits per heavy atom. The van der Waals surface area contributed by atoms with Crippen LogP contribution in [0.1, 0.15) is 43.2 Å². The smallest absolute Gasteiger partial charge is 0.184 e. The molecule has 1 aliphatic rings. The van der Waals surface area contributed by atoms with Crippen LogP contribution >= 0.6 is 11.3 Å². The number of rotatable bonds is 4. The fourth-order valence-electron chi connectivity index (χ4n) is 4.09. The molecule has 0 unspecified atom stereocenters. The number of halogens is 1. The summed E-state index contributed by atoms with van der Waals surface area (Å²) < 4.78 is 17.4. The molecular weight excluding hydrogens is 385 g/mol. The molecule has 146 valence electrons. The summed E-state index contributed by atoms with van der Waals surface area (Å²) in [6, 6.07) is 11.5. The average molecular weight is 406 g/mol. The number of fused-ring (bicyclic) bond motifs is 2. The van der Waals surface area contributed by atoms with Gasteiger partial charge in [0.05, 0.1) is 33.7 Å². The molecule has 0 saturated heterocycles. The fourth-order valence-corrected chi connectivity index (χ4v) is 5.10. The van der Waals surface area contributed by atoms with Gasteiger partial charge >= 0.3 is 0 Å². The van der Waals surface area contributed by atoms with Crippen molar-refractivity contribution in [3.63, 3.8) is 0 Å². The fraction of sp³-hybridized carbons (Fsp3) is 0.318. The number of benzene rings is 2. The Kier molecular flexibility index (Phi) is 4.64. The first-order valence-electron chi connectivity index (χ1n) is 9.90. The van der Waals surface area contributed by atoms with Gasteiger partial charge < -0.3 is 9.88 Å². The second kappa shape index (κ2) is 7.45. The van der Waals surface area contributed by atoms with Crippen LogP contribution in [-0.4, -0.2) is 20.6 Å². The molecule has 1 saturated carbocycles. The summed E-state index contributed by atoms with van der Waals surface area (Å²) in [5.74, 6) is -0.422. The van der Waals surface area contributed by atoms with Gasteiger partial charge in [-0.15, -0.1) is 0 Å². The van der Waals surface area contributed by atoms with Crippen molar-refractivity contribution in [3.05, 3.63) is 53.6 Å². The molecule has 1 fully saturated rings. The van der Waals surface area contributed by atoms with Crippen LogP contribution < -0.4 is 5.32 Å². The number of nitrogens with zero attached hydrogens (tertiary/aromatic N) is 4. The van der Waals surface area contributed by atoms with Gasteiger partial charge in [-0.1, -0.05) is 36.7 Å². The summed E-state index contributed by atoms with van der Waals surface area (Å²) in [4.78, 5) is 8.99. The van der Waals surface area contributed by atoms with Gasteiger partial charge in [0.25, 0.3) is 0 Å². The van der Waals surface area contributed by atoms with Crippen LogP contribution in [0.15, 0.2) is 36.7 Å². The van der Waals surface area contributed by atoms with E-state index in [4.69, 9.17) is 10.2 Å². The Hall–Kier alpha value is -2.98. The molecule has 0 amide bonds. The van der Waals surface area contributed by atoms with E-state index in [1.807, 2.05) is 18.2 Å². The van der Waals surface area contributed by atoms with Crippen molar-refractivity contribution in [2.75, 3.05) is 5.32 Å². The Labute approximate surface area is 171 Å². The number of anilines is 1. The minimum Gasteiger partial charge on any atom is -0.359 e. The van der Waals surface area contributed by atoms with Crippen molar-refractivity contribution in [3.8, 4) is 6.07 Å². The van der Waals surface area contributed by atoms with Gasteiger partial charge in [0, 0.05) is 12.6 Å². The van der Waals surface area contributed by atoms with Crippen molar-refractivity contribution < 1.29 is 4.39 Å². The zero-order valence-electron chi connectivity index (χ0n) is 15.9. The maximum Gasteiger partial charge on any atom is 0.184 e. The topological polar surface area (TPSA) is 66.5 Å². The highest BCUT2D eigenvalue weighted by Gasteiger charge is 2.15. The molecule has 2 aromatic heterocycles. The van der Waals surface area contributed by atoms with Crippen LogP contribution in [0, 0.1) is 17.1 Å². The van der Waals surface area contributed by atoms with Gasteiger partial charge in [-0.2, -0.15) is 5.26 Å². The normalized spacial score (nSPS) is 15.0. The Morgan fingerprint density at radius 3 is 2.86 bits per heavy atom. The number of nitrogens with one attached hydrogen (secondary N) is 1. The molecule has 0 bridgehead atoms. The lowest BCUT2D eigenvalue weighted by Gasteiger charge is -2.22. The average Bonchev–Trinajstić information content (AvgIpc) is 3.32. The monoisotopic (exact) mass is 405 g/mol. The molecule has 2 heterocycles. The lowest BCUT2D eigenvalue weighted by Crippen LogP contribution is -2.21. The molecule has 4 aromatic rings. The van der Waals surface area contributed by atoms with Gasteiger partial charge in [-0.05, 0) is 42.7 Å². The number of hydrogen-bond acceptors (Lipinski definition) is 5. The first-order valence-corrected chi connectivity index (χ1v) is 10.7. The molecule has 0 atom stereocenters. The molecule has 29 heavy (non-hydrogen) atoms. The predicted octanol–water partition coefficient (Wildman–Crippen LogP) is 5.45. The molecule has 2 aromatic carbocycles. The highest BCUT2D eigenvalue weighted by atomic mass is 32.1. The highest BCUT2D eigenvalue weighted by Crippen LogP contribution is 2.30. The molecule has 0 radical (unpaired) electrons. The lowest BCUT2D eigenvalue weighted by atomic mass is 9.96. The summed E-state index contributed by atoms with van der Waals surface area (Å²) in [7, 11) is 0. The predicted molar refractivity (Wildman–Crippen MR) is 114 cm³/mol. The van der Waals surface area contributed by atoms with E-state index in [1.165, 1.54) is 38.2 Å². The Morgan fingerprint density at radius 1 is 1.17 bits per heavy atom. The number of hydrogen-bond donors (Lipinski definition) is 1. The molecular formula is C22H20FN5S. The van der Waals surface area contributed by atoms with Gasteiger partial charge in [-0.3, -0.25) is 0 Å². The summed E-state index contributed by atoms with van der Waals surface area (Å²) >= 11 is 1.67. The standard InChI is InChI=1S/C22H20FN5S/c23-17-8-15(11-24)9-19-21(17)28(13-25-19)12-14-6-7-18-20(10-14)29-22(27-18)26-16-4-2-1-3-5-16/h6-10,13,16H,1-5,12H2,(H,26,27). The van der Waals surface area contributed by atoms with E-state index in [-0.39, 0.29) is 5.56 Å². The SMILES string of the molecule is N#Cc1cc(F)c2c(c1)ncn2Cc1ccc2nc(NC3CCCCC3)sc2c1. The molecule has 0 spiro atoms. The largest absolute Gasteiger partial charge is 0.359 e. The van der Waals surface area contributed by atoms with Gasteiger partial charge in [-0.25, -0.2) is 14.4 Å². The van der Waals surface area contributed by atoms with Crippen LogP contribution in [0.4, 0.5) is 9.52 Å². The number of nitriles is 1. The summed E-state index contributed by atoms with van der Waals surface area (Å²) in [6.45, 7) is 0.512. The zero-order chi connectivity index (χ0) is 19.8. The van der Waals surface area contributed by atoms with E-state index in [0.717, 1.165) is 20.9 Å². The van der Waals surface area contributed by atoms with Crippen molar-refractivity contribution in [2.24, 2.45) is 0 Å². The Bertz CT molecular complexity index is 1230. The third kappa shape index (κ3) is 3.56. The first kappa shape index (κ1) is 18.1. The second-order valence-electron chi connectivity index (χ2n) is 7.61. The summed E-state index contributed by atoms with van der Waals surface area (Å²) in [5.41, 5.74) is 3.25. The number of thiazole rings is 1. The molecule has 0 aliphatic heterocycles. The van der Waals surface area contributed by atoms with Crippen LogP contribution in [0.25, 0.3) is 21.3 Å². The van der Waals surface area contributed by atoms with Gasteiger partial charge in [0.2, 0.25) is 0 Å².